The van der Waals surface area contributed by atoms with Gasteiger partial charge in [0.2, 0.25) is 11.7 Å². The molecule has 0 N–H and O–H groups in total. The molecule has 0 spiro atoms. The zero-order chi connectivity index (χ0) is 14.6. The van der Waals surface area contributed by atoms with Crippen molar-refractivity contribution in [1.29, 1.82) is 0 Å². The van der Waals surface area contributed by atoms with Crippen molar-refractivity contribution < 1.29 is 23.2 Å². The van der Waals surface area contributed by atoms with E-state index in [9.17, 15) is 23.7 Å². The first-order valence-corrected chi connectivity index (χ1v) is 5.23. The molecule has 19 heavy (non-hydrogen) atoms. The van der Waals surface area contributed by atoms with E-state index in [2.05, 4.69) is 4.74 Å². The van der Waals surface area contributed by atoms with Crippen molar-refractivity contribution in [3.05, 3.63) is 33.9 Å². The van der Waals surface area contributed by atoms with E-state index >= 15 is 0 Å². The Bertz CT molecular complexity index is 492. The highest BCUT2D eigenvalue weighted by Crippen LogP contribution is 2.29. The van der Waals surface area contributed by atoms with Crippen molar-refractivity contribution in [3.8, 4) is 5.75 Å². The van der Waals surface area contributed by atoms with Gasteiger partial charge in [-0.3, -0.25) is 14.9 Å². The van der Waals surface area contributed by atoms with Crippen LogP contribution in [0.1, 0.15) is 5.56 Å². The molecule has 0 atom stereocenters. The van der Waals surface area contributed by atoms with Gasteiger partial charge in [-0.15, -0.1) is 0 Å². The molecule has 1 rings (SSSR count). The lowest BCUT2D eigenvalue weighted by Crippen LogP contribution is -2.23. The Morgan fingerprint density at radius 3 is 2.58 bits per heavy atom. The predicted octanol–water partition coefficient (Wildman–Crippen LogP) is 1.83. The number of ether oxygens (including phenoxy) is 1. The Labute approximate surface area is 107 Å². The first-order chi connectivity index (χ1) is 8.81. The number of hydrogen-bond acceptors (Lipinski definition) is 4. The third-order valence-corrected chi connectivity index (χ3v) is 2.29. The lowest BCUT2D eigenvalue weighted by Gasteiger charge is -2.11. The molecule has 0 bridgehead atoms. The van der Waals surface area contributed by atoms with Crippen LogP contribution in [0.25, 0.3) is 0 Å². The van der Waals surface area contributed by atoms with E-state index in [0.29, 0.717) is 5.56 Å². The molecular formula is C11H12F2N2O4. The van der Waals surface area contributed by atoms with Crippen LogP contribution in [0.4, 0.5) is 14.5 Å². The number of nitro groups is 1. The number of alkyl halides is 2. The van der Waals surface area contributed by atoms with Crippen LogP contribution in [0.2, 0.25) is 0 Å². The number of carbonyl (C=O) groups is 1. The normalized spacial score (nSPS) is 10.4. The zero-order valence-electron chi connectivity index (χ0n) is 10.3. The maximum Gasteiger partial charge on any atom is 0.387 e. The molecular weight excluding hydrogens is 262 g/mol. The second-order valence-corrected chi connectivity index (χ2v) is 3.90. The SMILES string of the molecule is CN(C)C(=O)Cc1ccc([N+](=O)[O-])c(OC(F)F)c1. The van der Waals surface area contributed by atoms with Gasteiger partial charge in [0, 0.05) is 20.2 Å². The molecule has 0 aliphatic carbocycles. The van der Waals surface area contributed by atoms with Gasteiger partial charge in [0.1, 0.15) is 0 Å². The van der Waals surface area contributed by atoms with Gasteiger partial charge in [0.25, 0.3) is 0 Å². The number of carbonyl (C=O) groups excluding carboxylic acids is 1. The van der Waals surface area contributed by atoms with E-state index in [-0.39, 0.29) is 12.3 Å². The lowest BCUT2D eigenvalue weighted by molar-refractivity contribution is -0.386. The second-order valence-electron chi connectivity index (χ2n) is 3.90. The summed E-state index contributed by atoms with van der Waals surface area (Å²) >= 11 is 0. The third kappa shape index (κ3) is 4.16. The fourth-order valence-electron chi connectivity index (χ4n) is 1.34. The van der Waals surface area contributed by atoms with Crippen LogP contribution in [-0.2, 0) is 11.2 Å². The minimum atomic E-state index is -3.17. The average Bonchev–Trinajstić information content (AvgIpc) is 2.27. The van der Waals surface area contributed by atoms with E-state index < -0.39 is 23.0 Å². The van der Waals surface area contributed by atoms with Gasteiger partial charge in [-0.05, 0) is 11.6 Å². The summed E-state index contributed by atoms with van der Waals surface area (Å²) in [5.74, 6) is -0.805. The highest BCUT2D eigenvalue weighted by Gasteiger charge is 2.19. The first kappa shape index (κ1) is 14.8. The summed E-state index contributed by atoms with van der Waals surface area (Å²) in [6.07, 6.45) is -0.0510. The van der Waals surface area contributed by atoms with Crippen LogP contribution >= 0.6 is 0 Å². The van der Waals surface area contributed by atoms with Crippen molar-refractivity contribution in [2.45, 2.75) is 13.0 Å². The fraction of sp³-hybridized carbons (Fsp3) is 0.364. The molecule has 0 aliphatic heterocycles. The largest absolute Gasteiger partial charge is 0.427 e. The van der Waals surface area contributed by atoms with Crippen molar-refractivity contribution in [2.24, 2.45) is 0 Å². The molecule has 1 amide bonds. The number of likely N-dealkylation sites (N-methyl/N-ethyl adjacent to an activating group) is 1. The number of benzene rings is 1. The van der Waals surface area contributed by atoms with E-state index in [1.165, 1.54) is 11.0 Å². The molecule has 1 aromatic carbocycles. The summed E-state index contributed by atoms with van der Waals surface area (Å²) in [7, 11) is 3.09. The highest BCUT2D eigenvalue weighted by atomic mass is 19.3. The summed E-state index contributed by atoms with van der Waals surface area (Å²) in [6.45, 7) is -3.17. The number of nitro benzene ring substituents is 1. The molecule has 0 saturated heterocycles. The molecule has 0 heterocycles. The van der Waals surface area contributed by atoms with Crippen molar-refractivity contribution in [2.75, 3.05) is 14.1 Å². The van der Waals surface area contributed by atoms with E-state index in [4.69, 9.17) is 0 Å². The minimum Gasteiger partial charge on any atom is -0.427 e. The number of nitrogens with zero attached hydrogens (tertiary/aromatic N) is 2. The van der Waals surface area contributed by atoms with Crippen molar-refractivity contribution in [3.63, 3.8) is 0 Å². The smallest absolute Gasteiger partial charge is 0.387 e. The van der Waals surface area contributed by atoms with Gasteiger partial charge in [-0.2, -0.15) is 8.78 Å². The molecule has 1 aromatic rings. The Balaban J connectivity index is 3.04. The van der Waals surface area contributed by atoms with Crippen LogP contribution in [0, 0.1) is 10.1 Å². The lowest BCUT2D eigenvalue weighted by atomic mass is 10.1. The van der Waals surface area contributed by atoms with Crippen LogP contribution in [0.3, 0.4) is 0 Å². The molecule has 0 saturated carbocycles. The molecule has 0 aromatic heterocycles. The number of halogens is 2. The summed E-state index contributed by atoms with van der Waals surface area (Å²) in [4.78, 5) is 22.6. The minimum absolute atomic E-state index is 0.0510. The topological polar surface area (TPSA) is 72.7 Å². The number of hydrogen-bond donors (Lipinski definition) is 0. The number of rotatable bonds is 5. The van der Waals surface area contributed by atoms with Crippen molar-refractivity contribution >= 4 is 11.6 Å². The van der Waals surface area contributed by atoms with Crippen LogP contribution in [-0.4, -0.2) is 36.4 Å². The Kier molecular flexibility index (Phi) is 4.74. The highest BCUT2D eigenvalue weighted by molar-refractivity contribution is 5.78. The van der Waals surface area contributed by atoms with Gasteiger partial charge >= 0.3 is 12.3 Å². The number of amides is 1. The maximum absolute atomic E-state index is 12.2. The zero-order valence-corrected chi connectivity index (χ0v) is 10.3. The monoisotopic (exact) mass is 274 g/mol. The summed E-state index contributed by atoms with van der Waals surface area (Å²) in [6, 6.07) is 3.44. The molecule has 8 heteroatoms. The van der Waals surface area contributed by atoms with Crippen LogP contribution in [0.5, 0.6) is 5.75 Å². The van der Waals surface area contributed by atoms with Gasteiger partial charge in [-0.1, -0.05) is 6.07 Å². The maximum atomic E-state index is 12.2. The molecule has 0 radical (unpaired) electrons. The van der Waals surface area contributed by atoms with E-state index in [0.717, 1.165) is 12.1 Å². The van der Waals surface area contributed by atoms with Crippen molar-refractivity contribution in [1.82, 2.24) is 4.90 Å². The molecule has 0 unspecified atom stereocenters. The standard InChI is InChI=1S/C11H12F2N2O4/c1-14(2)10(16)6-7-3-4-8(15(17)18)9(5-7)19-11(12)13/h3-5,11H,6H2,1-2H3. The second kappa shape index (κ2) is 6.07. The van der Waals surface area contributed by atoms with Gasteiger partial charge in [-0.25, -0.2) is 0 Å². The summed E-state index contributed by atoms with van der Waals surface area (Å²) in [5.41, 5.74) is -0.207. The average molecular weight is 274 g/mol. The molecule has 0 fully saturated rings. The third-order valence-electron chi connectivity index (χ3n) is 2.29. The Morgan fingerprint density at radius 2 is 2.11 bits per heavy atom. The van der Waals surface area contributed by atoms with Gasteiger partial charge in [0.15, 0.2) is 0 Å². The van der Waals surface area contributed by atoms with Gasteiger partial charge in [0.05, 0.1) is 11.3 Å². The first-order valence-electron chi connectivity index (χ1n) is 5.23. The van der Waals surface area contributed by atoms with E-state index in [1.54, 1.807) is 14.1 Å². The fourth-order valence-corrected chi connectivity index (χ4v) is 1.34. The quantitative estimate of drug-likeness (QED) is 0.606. The summed E-state index contributed by atoms with van der Waals surface area (Å²) < 4.78 is 28.4. The Hall–Kier alpha value is -2.25. The molecule has 104 valence electrons. The molecule has 0 aliphatic rings. The predicted molar refractivity (Wildman–Crippen MR) is 62.1 cm³/mol. The summed E-state index contributed by atoms with van der Waals surface area (Å²) in [5, 5.41) is 10.7. The van der Waals surface area contributed by atoms with E-state index in [1.807, 2.05) is 0 Å². The molecule has 6 nitrogen and oxygen atoms in total. The van der Waals surface area contributed by atoms with Crippen LogP contribution < -0.4 is 4.74 Å². The van der Waals surface area contributed by atoms with Gasteiger partial charge < -0.3 is 9.64 Å². The van der Waals surface area contributed by atoms with Crippen LogP contribution in [0.15, 0.2) is 18.2 Å². The Morgan fingerprint density at radius 1 is 1.47 bits per heavy atom.